The van der Waals surface area contributed by atoms with Crippen molar-refractivity contribution in [1.29, 1.82) is 0 Å². The first-order valence-corrected chi connectivity index (χ1v) is 5.51. The normalized spacial score (nSPS) is 17.6. The van der Waals surface area contributed by atoms with Crippen molar-refractivity contribution in [1.82, 2.24) is 10.3 Å². The van der Waals surface area contributed by atoms with Crippen LogP contribution in [0, 0.1) is 6.92 Å². The summed E-state index contributed by atoms with van der Waals surface area (Å²) in [5.41, 5.74) is 1.04. The summed E-state index contributed by atoms with van der Waals surface area (Å²) in [5.74, 6) is -0.126. The Labute approximate surface area is 94.7 Å². The molecule has 1 fully saturated rings. The van der Waals surface area contributed by atoms with Gasteiger partial charge in [-0.05, 0) is 38.3 Å². The molecule has 1 saturated carbocycles. The molecule has 1 aromatic rings. The van der Waals surface area contributed by atoms with E-state index in [2.05, 4.69) is 10.3 Å². The van der Waals surface area contributed by atoms with Crippen molar-refractivity contribution in [2.24, 2.45) is 0 Å². The van der Waals surface area contributed by atoms with Crippen LogP contribution < -0.4 is 5.32 Å². The van der Waals surface area contributed by atoms with Crippen molar-refractivity contribution < 1.29 is 9.90 Å². The molecule has 0 aromatic carbocycles. The van der Waals surface area contributed by atoms with E-state index in [1.807, 2.05) is 6.92 Å². The highest BCUT2D eigenvalue weighted by molar-refractivity contribution is 5.94. The third-order valence-electron chi connectivity index (χ3n) is 3.15. The fraction of sp³-hybridized carbons (Fsp3) is 0.500. The summed E-state index contributed by atoms with van der Waals surface area (Å²) < 4.78 is 0. The molecule has 4 heteroatoms. The van der Waals surface area contributed by atoms with Crippen LogP contribution in [0.3, 0.4) is 0 Å². The number of hydrogen-bond acceptors (Lipinski definition) is 3. The molecule has 0 atom stereocenters. The number of pyridine rings is 1. The zero-order valence-corrected chi connectivity index (χ0v) is 9.36. The minimum atomic E-state index is -0.381. The Kier molecular flexibility index (Phi) is 2.92. The summed E-state index contributed by atoms with van der Waals surface area (Å²) >= 11 is 0. The Morgan fingerprint density at radius 3 is 2.88 bits per heavy atom. The maximum Gasteiger partial charge on any atom is 0.251 e. The molecule has 0 saturated heterocycles. The van der Waals surface area contributed by atoms with Crippen LogP contribution in [0.15, 0.2) is 18.3 Å². The van der Waals surface area contributed by atoms with Crippen molar-refractivity contribution in [3.05, 3.63) is 29.6 Å². The zero-order valence-electron chi connectivity index (χ0n) is 9.36. The second kappa shape index (κ2) is 4.22. The molecule has 86 valence electrons. The van der Waals surface area contributed by atoms with E-state index in [1.165, 1.54) is 0 Å². The van der Waals surface area contributed by atoms with E-state index in [0.29, 0.717) is 5.56 Å². The van der Waals surface area contributed by atoms with E-state index in [1.54, 1.807) is 18.3 Å². The van der Waals surface area contributed by atoms with Crippen LogP contribution in [0.2, 0.25) is 0 Å². The summed E-state index contributed by atoms with van der Waals surface area (Å²) in [5, 5.41) is 12.2. The smallest absolute Gasteiger partial charge is 0.251 e. The fourth-order valence-corrected chi connectivity index (χ4v) is 1.93. The SMILES string of the molecule is Cc1cc(C(=O)NC2(CO)CCC2)ccn1. The van der Waals surface area contributed by atoms with Gasteiger partial charge in [0.15, 0.2) is 0 Å². The van der Waals surface area contributed by atoms with Crippen molar-refractivity contribution in [2.45, 2.75) is 31.7 Å². The standard InChI is InChI=1S/C12H16N2O2/c1-9-7-10(3-6-13-9)11(16)14-12(8-15)4-2-5-12/h3,6-7,15H,2,4-5,8H2,1H3,(H,14,16). The number of nitrogens with one attached hydrogen (secondary N) is 1. The van der Waals surface area contributed by atoms with Gasteiger partial charge in [0, 0.05) is 17.5 Å². The third kappa shape index (κ3) is 2.07. The van der Waals surface area contributed by atoms with Gasteiger partial charge in [-0.3, -0.25) is 9.78 Å². The molecule has 4 nitrogen and oxygen atoms in total. The van der Waals surface area contributed by atoms with Crippen LogP contribution in [-0.4, -0.2) is 28.1 Å². The van der Waals surface area contributed by atoms with Crippen LogP contribution in [0.25, 0.3) is 0 Å². The van der Waals surface area contributed by atoms with E-state index in [-0.39, 0.29) is 18.1 Å². The Morgan fingerprint density at radius 1 is 1.62 bits per heavy atom. The van der Waals surface area contributed by atoms with Gasteiger partial charge < -0.3 is 10.4 Å². The van der Waals surface area contributed by atoms with Gasteiger partial charge in [0.1, 0.15) is 0 Å². The molecular weight excluding hydrogens is 204 g/mol. The first-order valence-electron chi connectivity index (χ1n) is 5.51. The summed E-state index contributed by atoms with van der Waals surface area (Å²) in [6.07, 6.45) is 4.41. The molecule has 0 radical (unpaired) electrons. The fourth-order valence-electron chi connectivity index (χ4n) is 1.93. The number of nitrogens with zero attached hydrogens (tertiary/aromatic N) is 1. The number of amides is 1. The molecule has 1 aliphatic carbocycles. The van der Waals surface area contributed by atoms with Crippen molar-refractivity contribution in [3.63, 3.8) is 0 Å². The number of carbonyl (C=O) groups is 1. The monoisotopic (exact) mass is 220 g/mol. The molecule has 0 unspecified atom stereocenters. The van der Waals surface area contributed by atoms with Crippen LogP contribution in [0.1, 0.15) is 35.3 Å². The van der Waals surface area contributed by atoms with E-state index in [4.69, 9.17) is 0 Å². The van der Waals surface area contributed by atoms with Crippen molar-refractivity contribution in [2.75, 3.05) is 6.61 Å². The predicted molar refractivity (Wildman–Crippen MR) is 60.1 cm³/mol. The van der Waals surface area contributed by atoms with Gasteiger partial charge in [0.2, 0.25) is 0 Å². The average Bonchev–Trinajstić information content (AvgIpc) is 2.23. The number of aromatic nitrogens is 1. The lowest BCUT2D eigenvalue weighted by Gasteiger charge is -2.40. The highest BCUT2D eigenvalue weighted by Crippen LogP contribution is 2.31. The van der Waals surface area contributed by atoms with Gasteiger partial charge in [0.25, 0.3) is 5.91 Å². The molecule has 2 N–H and O–H groups in total. The quantitative estimate of drug-likeness (QED) is 0.800. The van der Waals surface area contributed by atoms with E-state index >= 15 is 0 Å². The van der Waals surface area contributed by atoms with E-state index < -0.39 is 0 Å². The largest absolute Gasteiger partial charge is 0.394 e. The lowest BCUT2D eigenvalue weighted by Crippen LogP contribution is -2.56. The number of hydrogen-bond donors (Lipinski definition) is 2. The van der Waals surface area contributed by atoms with Gasteiger partial charge in [0.05, 0.1) is 12.1 Å². The Bertz CT molecular complexity index is 394. The second-order valence-electron chi connectivity index (χ2n) is 4.43. The molecule has 16 heavy (non-hydrogen) atoms. The molecule has 0 aliphatic heterocycles. The van der Waals surface area contributed by atoms with E-state index in [9.17, 15) is 9.90 Å². The molecule has 1 aliphatic rings. The second-order valence-corrected chi connectivity index (χ2v) is 4.43. The van der Waals surface area contributed by atoms with Crippen LogP contribution in [0.4, 0.5) is 0 Å². The molecule has 0 spiro atoms. The van der Waals surface area contributed by atoms with Gasteiger partial charge >= 0.3 is 0 Å². The van der Waals surface area contributed by atoms with Gasteiger partial charge in [-0.15, -0.1) is 0 Å². The number of carbonyl (C=O) groups excluding carboxylic acids is 1. The van der Waals surface area contributed by atoms with Crippen molar-refractivity contribution >= 4 is 5.91 Å². The highest BCUT2D eigenvalue weighted by Gasteiger charge is 2.37. The minimum absolute atomic E-state index is 0.0167. The summed E-state index contributed by atoms with van der Waals surface area (Å²) in [6.45, 7) is 1.87. The summed E-state index contributed by atoms with van der Waals surface area (Å²) in [7, 11) is 0. The molecular formula is C12H16N2O2. The topological polar surface area (TPSA) is 62.2 Å². The molecule has 1 heterocycles. The first kappa shape index (κ1) is 11.1. The number of aliphatic hydroxyl groups excluding tert-OH is 1. The predicted octanol–water partition coefficient (Wildman–Crippen LogP) is 1.03. The number of aryl methyl sites for hydroxylation is 1. The molecule has 0 bridgehead atoms. The Hall–Kier alpha value is -1.42. The average molecular weight is 220 g/mol. The van der Waals surface area contributed by atoms with Crippen LogP contribution in [0.5, 0.6) is 0 Å². The Balaban J connectivity index is 2.08. The maximum atomic E-state index is 11.9. The lowest BCUT2D eigenvalue weighted by molar-refractivity contribution is 0.0641. The lowest BCUT2D eigenvalue weighted by atomic mass is 9.77. The van der Waals surface area contributed by atoms with Crippen LogP contribution >= 0.6 is 0 Å². The maximum absolute atomic E-state index is 11.9. The third-order valence-corrected chi connectivity index (χ3v) is 3.15. The van der Waals surface area contributed by atoms with Gasteiger partial charge in [-0.25, -0.2) is 0 Å². The van der Waals surface area contributed by atoms with Gasteiger partial charge in [-0.2, -0.15) is 0 Å². The minimum Gasteiger partial charge on any atom is -0.394 e. The summed E-state index contributed by atoms with van der Waals surface area (Å²) in [6, 6.07) is 3.44. The molecule has 1 amide bonds. The van der Waals surface area contributed by atoms with Crippen molar-refractivity contribution in [3.8, 4) is 0 Å². The zero-order chi connectivity index (χ0) is 11.6. The van der Waals surface area contributed by atoms with Gasteiger partial charge in [-0.1, -0.05) is 0 Å². The number of rotatable bonds is 3. The molecule has 2 rings (SSSR count). The number of aliphatic hydroxyl groups is 1. The summed E-state index contributed by atoms with van der Waals surface area (Å²) in [4.78, 5) is 16.0. The Morgan fingerprint density at radius 2 is 2.38 bits per heavy atom. The first-order chi connectivity index (χ1) is 7.65. The van der Waals surface area contributed by atoms with E-state index in [0.717, 1.165) is 25.0 Å². The van der Waals surface area contributed by atoms with Crippen LogP contribution in [-0.2, 0) is 0 Å². The molecule has 1 aromatic heterocycles. The highest BCUT2D eigenvalue weighted by atomic mass is 16.3.